The molecule has 2 fully saturated rings. The maximum absolute atomic E-state index is 12.6. The number of amides is 2. The van der Waals surface area contributed by atoms with Crippen LogP contribution < -0.4 is 5.32 Å². The predicted octanol–water partition coefficient (Wildman–Crippen LogP) is 2.63. The lowest BCUT2D eigenvalue weighted by Gasteiger charge is -2.30. The Labute approximate surface area is 137 Å². The van der Waals surface area contributed by atoms with E-state index in [4.69, 9.17) is 0 Å². The third kappa shape index (κ3) is 3.89. The van der Waals surface area contributed by atoms with E-state index in [2.05, 4.69) is 17.2 Å². The van der Waals surface area contributed by atoms with Gasteiger partial charge in [-0.3, -0.25) is 14.6 Å². The van der Waals surface area contributed by atoms with Crippen LogP contribution in [0.3, 0.4) is 0 Å². The van der Waals surface area contributed by atoms with Crippen molar-refractivity contribution in [2.75, 3.05) is 13.1 Å². The average Bonchev–Trinajstić information content (AvgIpc) is 3.08. The number of hydrogen-bond acceptors (Lipinski definition) is 3. The first-order valence-electron chi connectivity index (χ1n) is 8.69. The van der Waals surface area contributed by atoms with E-state index in [9.17, 15) is 9.59 Å². The number of rotatable bonds is 3. The summed E-state index contributed by atoms with van der Waals surface area (Å²) >= 11 is 0. The van der Waals surface area contributed by atoms with E-state index in [-0.39, 0.29) is 17.9 Å². The van der Waals surface area contributed by atoms with E-state index >= 15 is 0 Å². The molecule has 23 heavy (non-hydrogen) atoms. The quantitative estimate of drug-likeness (QED) is 0.932. The van der Waals surface area contributed by atoms with Crippen molar-refractivity contribution in [3.8, 4) is 0 Å². The Balaban J connectivity index is 1.66. The van der Waals surface area contributed by atoms with Crippen molar-refractivity contribution >= 4 is 11.8 Å². The van der Waals surface area contributed by atoms with Crippen LogP contribution in [0.1, 0.15) is 66.3 Å². The molecule has 1 aromatic rings. The predicted molar refractivity (Wildman–Crippen MR) is 88.3 cm³/mol. The molecule has 0 radical (unpaired) electrons. The Kier molecular flexibility index (Phi) is 4.94. The minimum Gasteiger partial charge on any atom is -0.349 e. The van der Waals surface area contributed by atoms with Crippen LogP contribution in [0.5, 0.6) is 0 Å². The number of carbonyl (C=O) groups excluding carboxylic acids is 2. The zero-order valence-electron chi connectivity index (χ0n) is 13.8. The molecule has 5 heteroatoms. The van der Waals surface area contributed by atoms with Gasteiger partial charge in [-0.15, -0.1) is 0 Å². The molecule has 3 rings (SSSR count). The molecule has 0 unspecified atom stereocenters. The molecule has 2 aliphatic rings. The zero-order chi connectivity index (χ0) is 16.2. The number of nitrogens with zero attached hydrogens (tertiary/aromatic N) is 2. The van der Waals surface area contributed by atoms with Crippen LogP contribution in [0.25, 0.3) is 0 Å². The molecule has 1 aliphatic carbocycles. The molecule has 124 valence electrons. The van der Waals surface area contributed by atoms with Gasteiger partial charge in [0.05, 0.1) is 0 Å². The van der Waals surface area contributed by atoms with E-state index in [0.29, 0.717) is 17.2 Å². The molecule has 0 aromatic carbocycles. The molecule has 1 aromatic heterocycles. The highest BCUT2D eigenvalue weighted by atomic mass is 16.2. The monoisotopic (exact) mass is 315 g/mol. The standard InChI is InChI=1S/C18H25N3O2/c1-13-7-10-21(11-8-13)18(23)16-12-14(6-9-19-16)17(22)20-15-4-2-3-5-15/h6,9,12-13,15H,2-5,7-8,10-11H2,1H3,(H,20,22). The number of carbonyl (C=O) groups is 2. The molecule has 0 bridgehead atoms. The Morgan fingerprint density at radius 3 is 2.57 bits per heavy atom. The van der Waals surface area contributed by atoms with Gasteiger partial charge in [-0.2, -0.15) is 0 Å². The summed E-state index contributed by atoms with van der Waals surface area (Å²) in [6.45, 7) is 3.77. The van der Waals surface area contributed by atoms with Crippen LogP contribution >= 0.6 is 0 Å². The van der Waals surface area contributed by atoms with E-state index in [1.165, 1.54) is 12.8 Å². The van der Waals surface area contributed by atoms with Crippen LogP contribution in [-0.4, -0.2) is 40.8 Å². The zero-order valence-corrected chi connectivity index (χ0v) is 13.8. The number of hydrogen-bond donors (Lipinski definition) is 1. The average molecular weight is 315 g/mol. The molecule has 1 saturated heterocycles. The summed E-state index contributed by atoms with van der Waals surface area (Å²) in [5, 5.41) is 3.06. The first-order chi connectivity index (χ1) is 11.1. The SMILES string of the molecule is CC1CCN(C(=O)c2cc(C(=O)NC3CCCC3)ccn2)CC1. The van der Waals surface area contributed by atoms with Gasteiger partial charge in [0.2, 0.25) is 0 Å². The molecular formula is C18H25N3O2. The minimum absolute atomic E-state index is 0.0626. The van der Waals surface area contributed by atoms with Gasteiger partial charge in [0.15, 0.2) is 0 Å². The number of pyridine rings is 1. The second kappa shape index (κ2) is 7.11. The van der Waals surface area contributed by atoms with Crippen molar-refractivity contribution in [1.29, 1.82) is 0 Å². The second-order valence-electron chi connectivity index (χ2n) is 6.86. The van der Waals surface area contributed by atoms with E-state index in [1.54, 1.807) is 18.3 Å². The summed E-state index contributed by atoms with van der Waals surface area (Å²) in [5.41, 5.74) is 0.902. The summed E-state index contributed by atoms with van der Waals surface area (Å²) < 4.78 is 0. The molecule has 1 N–H and O–H groups in total. The largest absolute Gasteiger partial charge is 0.349 e. The summed E-state index contributed by atoms with van der Waals surface area (Å²) in [4.78, 5) is 30.9. The van der Waals surface area contributed by atoms with E-state index in [0.717, 1.165) is 38.8 Å². The fourth-order valence-electron chi connectivity index (χ4n) is 3.40. The molecule has 1 saturated carbocycles. The Hall–Kier alpha value is -1.91. The molecular weight excluding hydrogens is 290 g/mol. The van der Waals surface area contributed by atoms with Crippen LogP contribution in [0, 0.1) is 5.92 Å². The lowest BCUT2D eigenvalue weighted by molar-refractivity contribution is 0.0691. The number of nitrogens with one attached hydrogen (secondary N) is 1. The van der Waals surface area contributed by atoms with Crippen molar-refractivity contribution in [2.45, 2.75) is 51.5 Å². The fraction of sp³-hybridized carbons (Fsp3) is 0.611. The maximum Gasteiger partial charge on any atom is 0.272 e. The highest BCUT2D eigenvalue weighted by Gasteiger charge is 2.23. The van der Waals surface area contributed by atoms with Crippen molar-refractivity contribution in [2.24, 2.45) is 5.92 Å². The Morgan fingerprint density at radius 1 is 1.17 bits per heavy atom. The van der Waals surface area contributed by atoms with Gasteiger partial charge in [-0.05, 0) is 43.7 Å². The summed E-state index contributed by atoms with van der Waals surface area (Å²) in [6.07, 6.45) is 8.09. The molecule has 0 spiro atoms. The lowest BCUT2D eigenvalue weighted by Crippen LogP contribution is -2.38. The topological polar surface area (TPSA) is 62.3 Å². The van der Waals surface area contributed by atoms with Crippen LogP contribution in [-0.2, 0) is 0 Å². The van der Waals surface area contributed by atoms with Crippen LogP contribution in [0.15, 0.2) is 18.3 Å². The van der Waals surface area contributed by atoms with Crippen LogP contribution in [0.2, 0.25) is 0 Å². The summed E-state index contributed by atoms with van der Waals surface area (Å²) in [6, 6.07) is 3.59. The third-order valence-corrected chi connectivity index (χ3v) is 5.00. The number of piperidine rings is 1. The molecule has 2 heterocycles. The van der Waals surface area contributed by atoms with Crippen molar-refractivity contribution in [3.63, 3.8) is 0 Å². The van der Waals surface area contributed by atoms with E-state index in [1.807, 2.05) is 4.90 Å². The van der Waals surface area contributed by atoms with Gasteiger partial charge in [-0.25, -0.2) is 0 Å². The first-order valence-corrected chi connectivity index (χ1v) is 8.69. The van der Waals surface area contributed by atoms with Crippen LogP contribution in [0.4, 0.5) is 0 Å². The smallest absolute Gasteiger partial charge is 0.272 e. The van der Waals surface area contributed by atoms with Crippen molar-refractivity contribution < 1.29 is 9.59 Å². The molecule has 0 atom stereocenters. The fourth-order valence-corrected chi connectivity index (χ4v) is 3.40. The summed E-state index contributed by atoms with van der Waals surface area (Å²) in [5.74, 6) is 0.517. The normalized spacial score (nSPS) is 19.8. The van der Waals surface area contributed by atoms with Crippen molar-refractivity contribution in [1.82, 2.24) is 15.2 Å². The highest BCUT2D eigenvalue weighted by Crippen LogP contribution is 2.19. The molecule has 1 aliphatic heterocycles. The van der Waals surface area contributed by atoms with Gasteiger partial charge in [0, 0.05) is 30.9 Å². The number of aromatic nitrogens is 1. The Morgan fingerprint density at radius 2 is 1.87 bits per heavy atom. The lowest BCUT2D eigenvalue weighted by atomic mass is 9.99. The van der Waals surface area contributed by atoms with Gasteiger partial charge < -0.3 is 10.2 Å². The molecule has 2 amide bonds. The van der Waals surface area contributed by atoms with Crippen molar-refractivity contribution in [3.05, 3.63) is 29.6 Å². The minimum atomic E-state index is -0.0967. The van der Waals surface area contributed by atoms with Gasteiger partial charge in [0.1, 0.15) is 5.69 Å². The summed E-state index contributed by atoms with van der Waals surface area (Å²) in [7, 11) is 0. The first kappa shape index (κ1) is 16.0. The van der Waals surface area contributed by atoms with Gasteiger partial charge in [0.25, 0.3) is 11.8 Å². The maximum atomic E-state index is 12.6. The molecule has 5 nitrogen and oxygen atoms in total. The second-order valence-corrected chi connectivity index (χ2v) is 6.86. The highest BCUT2D eigenvalue weighted by molar-refractivity contribution is 5.98. The van der Waals surface area contributed by atoms with E-state index < -0.39 is 0 Å². The Bertz CT molecular complexity index is 573. The third-order valence-electron chi connectivity index (χ3n) is 5.00. The van der Waals surface area contributed by atoms with Gasteiger partial charge in [-0.1, -0.05) is 19.8 Å². The van der Waals surface area contributed by atoms with Gasteiger partial charge >= 0.3 is 0 Å². The number of likely N-dealkylation sites (tertiary alicyclic amines) is 1.